The van der Waals surface area contributed by atoms with E-state index in [1.807, 2.05) is 6.07 Å². The summed E-state index contributed by atoms with van der Waals surface area (Å²) in [5.74, 6) is -0.324. The Bertz CT molecular complexity index is 454. The van der Waals surface area contributed by atoms with Gasteiger partial charge in [-0.1, -0.05) is 17.7 Å². The molecule has 17 heavy (non-hydrogen) atoms. The van der Waals surface area contributed by atoms with E-state index in [4.69, 9.17) is 16.9 Å². The van der Waals surface area contributed by atoms with Crippen LogP contribution in [0.4, 0.5) is 0 Å². The molecule has 0 heterocycles. The fourth-order valence-electron chi connectivity index (χ4n) is 1.28. The molecule has 0 bridgehead atoms. The molecular weight excluding hydrogens is 240 g/mol. The molecular formula is C12H13ClN2O2. The molecule has 0 aliphatic heterocycles. The Hall–Kier alpha value is -1.57. The predicted octanol–water partition coefficient (Wildman–Crippen LogP) is 1.86. The first kappa shape index (κ1) is 13.5. The van der Waals surface area contributed by atoms with Crippen LogP contribution in [0.15, 0.2) is 18.2 Å². The average molecular weight is 253 g/mol. The number of carbonyl (C=O) groups is 1. The average Bonchev–Trinajstić information content (AvgIpc) is 2.35. The standard InChI is InChI=1S/C12H13ClN2O2/c1-8(12(16)17-2)15-7-10-4-3-9(6-14)5-11(10)13/h3-5,8,15H,7H2,1-2H3. The van der Waals surface area contributed by atoms with Crippen molar-refractivity contribution in [3.05, 3.63) is 34.3 Å². The maximum Gasteiger partial charge on any atom is 0.322 e. The number of hydrogen-bond acceptors (Lipinski definition) is 4. The monoisotopic (exact) mass is 252 g/mol. The number of methoxy groups -OCH3 is 1. The van der Waals surface area contributed by atoms with Gasteiger partial charge in [-0.3, -0.25) is 4.79 Å². The minimum absolute atomic E-state index is 0.324. The molecule has 1 rings (SSSR count). The SMILES string of the molecule is COC(=O)C(C)NCc1ccc(C#N)cc1Cl. The van der Waals surface area contributed by atoms with E-state index < -0.39 is 6.04 Å². The third-order valence-electron chi connectivity index (χ3n) is 2.34. The first-order valence-electron chi connectivity index (χ1n) is 5.08. The number of halogens is 1. The lowest BCUT2D eigenvalue weighted by atomic mass is 10.1. The van der Waals surface area contributed by atoms with Crippen LogP contribution in [0.25, 0.3) is 0 Å². The number of carbonyl (C=O) groups excluding carboxylic acids is 1. The third kappa shape index (κ3) is 3.74. The summed E-state index contributed by atoms with van der Waals surface area (Å²) in [6.07, 6.45) is 0. The molecule has 0 saturated carbocycles. The molecule has 0 aliphatic rings. The van der Waals surface area contributed by atoms with Gasteiger partial charge in [0.15, 0.2) is 0 Å². The number of hydrogen-bond donors (Lipinski definition) is 1. The topological polar surface area (TPSA) is 62.1 Å². The number of rotatable bonds is 4. The number of nitrogens with one attached hydrogen (secondary N) is 1. The van der Waals surface area contributed by atoms with Crippen molar-refractivity contribution in [1.29, 1.82) is 5.26 Å². The van der Waals surface area contributed by atoms with Crippen LogP contribution in [0.5, 0.6) is 0 Å². The summed E-state index contributed by atoms with van der Waals surface area (Å²) in [6, 6.07) is 6.66. The van der Waals surface area contributed by atoms with E-state index in [-0.39, 0.29) is 5.97 Å². The number of ether oxygens (including phenoxy) is 1. The molecule has 0 aliphatic carbocycles. The second kappa shape index (κ2) is 6.24. The summed E-state index contributed by atoms with van der Waals surface area (Å²) >= 11 is 6.00. The van der Waals surface area contributed by atoms with Gasteiger partial charge < -0.3 is 10.1 Å². The quantitative estimate of drug-likeness (QED) is 0.831. The molecule has 90 valence electrons. The Morgan fingerprint density at radius 2 is 2.35 bits per heavy atom. The van der Waals surface area contributed by atoms with Crippen molar-refractivity contribution in [1.82, 2.24) is 5.32 Å². The van der Waals surface area contributed by atoms with Gasteiger partial charge in [-0.15, -0.1) is 0 Å². The van der Waals surface area contributed by atoms with Crippen LogP contribution in [0.3, 0.4) is 0 Å². The number of esters is 1. The molecule has 0 fully saturated rings. The number of nitrogens with zero attached hydrogens (tertiary/aromatic N) is 1. The summed E-state index contributed by atoms with van der Waals surface area (Å²) < 4.78 is 4.59. The van der Waals surface area contributed by atoms with Gasteiger partial charge in [0.25, 0.3) is 0 Å². The second-order valence-electron chi connectivity index (χ2n) is 3.54. The van der Waals surface area contributed by atoms with E-state index >= 15 is 0 Å². The van der Waals surface area contributed by atoms with Crippen molar-refractivity contribution in [3.8, 4) is 6.07 Å². The smallest absolute Gasteiger partial charge is 0.322 e. The molecule has 5 heteroatoms. The van der Waals surface area contributed by atoms with Crippen molar-refractivity contribution in [2.24, 2.45) is 0 Å². The van der Waals surface area contributed by atoms with E-state index in [0.29, 0.717) is 17.1 Å². The first-order valence-corrected chi connectivity index (χ1v) is 5.46. The number of benzene rings is 1. The van der Waals surface area contributed by atoms with Gasteiger partial charge in [0.1, 0.15) is 6.04 Å². The summed E-state index contributed by atoms with van der Waals surface area (Å²) in [5, 5.41) is 12.2. The summed E-state index contributed by atoms with van der Waals surface area (Å²) in [4.78, 5) is 11.2. The zero-order valence-electron chi connectivity index (χ0n) is 9.66. The molecule has 1 aromatic rings. The lowest BCUT2D eigenvalue weighted by Gasteiger charge is -2.12. The Labute approximate surface area is 105 Å². The highest BCUT2D eigenvalue weighted by molar-refractivity contribution is 6.31. The van der Waals surface area contributed by atoms with E-state index in [9.17, 15) is 4.79 Å². The van der Waals surface area contributed by atoms with E-state index in [1.54, 1.807) is 25.1 Å². The Morgan fingerprint density at radius 1 is 1.65 bits per heavy atom. The summed E-state index contributed by atoms with van der Waals surface area (Å²) in [6.45, 7) is 2.16. The van der Waals surface area contributed by atoms with Gasteiger partial charge in [-0.05, 0) is 24.6 Å². The Kier molecular flexibility index (Phi) is 4.95. The maximum atomic E-state index is 11.2. The van der Waals surface area contributed by atoms with E-state index in [1.165, 1.54) is 7.11 Å². The molecule has 1 N–H and O–H groups in total. The predicted molar refractivity (Wildman–Crippen MR) is 64.5 cm³/mol. The van der Waals surface area contributed by atoms with Gasteiger partial charge in [0.2, 0.25) is 0 Å². The van der Waals surface area contributed by atoms with Gasteiger partial charge in [-0.25, -0.2) is 0 Å². The molecule has 1 unspecified atom stereocenters. The van der Waals surface area contributed by atoms with Gasteiger partial charge in [-0.2, -0.15) is 5.26 Å². The third-order valence-corrected chi connectivity index (χ3v) is 2.69. The molecule has 0 aromatic heterocycles. The van der Waals surface area contributed by atoms with Crippen LogP contribution in [0.1, 0.15) is 18.1 Å². The Balaban J connectivity index is 2.64. The van der Waals surface area contributed by atoms with Gasteiger partial charge in [0, 0.05) is 11.6 Å². The lowest BCUT2D eigenvalue weighted by Crippen LogP contribution is -2.34. The zero-order chi connectivity index (χ0) is 12.8. The lowest BCUT2D eigenvalue weighted by molar-refractivity contribution is -0.142. The summed E-state index contributed by atoms with van der Waals surface area (Å²) in [7, 11) is 1.34. The van der Waals surface area contributed by atoms with Crippen molar-refractivity contribution >= 4 is 17.6 Å². The zero-order valence-corrected chi connectivity index (χ0v) is 10.4. The maximum absolute atomic E-state index is 11.2. The van der Waals surface area contributed by atoms with Crippen LogP contribution >= 0.6 is 11.6 Å². The molecule has 1 aromatic carbocycles. The van der Waals surface area contributed by atoms with Gasteiger partial charge >= 0.3 is 5.97 Å². The summed E-state index contributed by atoms with van der Waals surface area (Å²) in [5.41, 5.74) is 1.35. The van der Waals surface area contributed by atoms with E-state index in [2.05, 4.69) is 10.1 Å². The number of nitriles is 1. The van der Waals surface area contributed by atoms with Crippen molar-refractivity contribution < 1.29 is 9.53 Å². The van der Waals surface area contributed by atoms with Crippen LogP contribution in [-0.4, -0.2) is 19.1 Å². The van der Waals surface area contributed by atoms with Crippen molar-refractivity contribution in [2.45, 2.75) is 19.5 Å². The van der Waals surface area contributed by atoms with Crippen LogP contribution in [0.2, 0.25) is 5.02 Å². The minimum atomic E-state index is -0.397. The highest BCUT2D eigenvalue weighted by Gasteiger charge is 2.12. The minimum Gasteiger partial charge on any atom is -0.468 e. The molecule has 1 atom stereocenters. The molecule has 0 spiro atoms. The van der Waals surface area contributed by atoms with Crippen molar-refractivity contribution in [2.75, 3.05) is 7.11 Å². The fraction of sp³-hybridized carbons (Fsp3) is 0.333. The Morgan fingerprint density at radius 3 is 2.88 bits per heavy atom. The van der Waals surface area contributed by atoms with Gasteiger partial charge in [0.05, 0.1) is 18.7 Å². The molecule has 0 amide bonds. The van der Waals surface area contributed by atoms with E-state index in [0.717, 1.165) is 5.56 Å². The van der Waals surface area contributed by atoms with Crippen LogP contribution < -0.4 is 5.32 Å². The molecule has 0 radical (unpaired) electrons. The van der Waals surface area contributed by atoms with Crippen LogP contribution in [0, 0.1) is 11.3 Å². The fourth-order valence-corrected chi connectivity index (χ4v) is 1.53. The highest BCUT2D eigenvalue weighted by atomic mass is 35.5. The molecule has 0 saturated heterocycles. The van der Waals surface area contributed by atoms with Crippen molar-refractivity contribution in [3.63, 3.8) is 0 Å². The normalized spacial score (nSPS) is 11.6. The highest BCUT2D eigenvalue weighted by Crippen LogP contribution is 2.17. The molecule has 4 nitrogen and oxygen atoms in total. The first-order chi connectivity index (χ1) is 8.08. The second-order valence-corrected chi connectivity index (χ2v) is 3.95. The largest absolute Gasteiger partial charge is 0.468 e. The van der Waals surface area contributed by atoms with Crippen LogP contribution in [-0.2, 0) is 16.1 Å².